The Morgan fingerprint density at radius 2 is 2.18 bits per heavy atom. The highest BCUT2D eigenvalue weighted by atomic mass is 35.5. The third-order valence-corrected chi connectivity index (χ3v) is 2.18. The van der Waals surface area contributed by atoms with Crippen LogP contribution in [0, 0.1) is 0 Å². The standard InChI is InChI=1S/C12H14ClNO3/c1-2-6-17-11(15)8-14-12(16)9-4-3-5-10(13)7-9/h3-5,7H,2,6,8H2,1H3,(H,14,16). The predicted octanol–water partition coefficient (Wildman–Crippen LogP) is 2.02. The van der Waals surface area contributed by atoms with Crippen LogP contribution in [-0.2, 0) is 9.53 Å². The minimum absolute atomic E-state index is 0.134. The van der Waals surface area contributed by atoms with Crippen LogP contribution in [0.25, 0.3) is 0 Å². The predicted molar refractivity (Wildman–Crippen MR) is 65.0 cm³/mol. The Balaban J connectivity index is 2.42. The van der Waals surface area contributed by atoms with Gasteiger partial charge < -0.3 is 10.1 Å². The molecule has 0 atom stereocenters. The van der Waals surface area contributed by atoms with E-state index in [1.807, 2.05) is 6.92 Å². The van der Waals surface area contributed by atoms with Crippen LogP contribution in [0.2, 0.25) is 5.02 Å². The quantitative estimate of drug-likeness (QED) is 0.819. The Kier molecular flexibility index (Phi) is 5.49. The summed E-state index contributed by atoms with van der Waals surface area (Å²) in [7, 11) is 0. The molecule has 1 amide bonds. The lowest BCUT2D eigenvalue weighted by Crippen LogP contribution is -2.30. The second kappa shape index (κ2) is 6.91. The van der Waals surface area contributed by atoms with Gasteiger partial charge in [0.25, 0.3) is 5.91 Å². The number of nitrogens with one attached hydrogen (secondary N) is 1. The highest BCUT2D eigenvalue weighted by Gasteiger charge is 2.08. The maximum atomic E-state index is 11.6. The summed E-state index contributed by atoms with van der Waals surface area (Å²) in [5, 5.41) is 2.94. The van der Waals surface area contributed by atoms with Gasteiger partial charge in [-0.15, -0.1) is 0 Å². The van der Waals surface area contributed by atoms with Crippen LogP contribution in [0.1, 0.15) is 23.7 Å². The van der Waals surface area contributed by atoms with Crippen molar-refractivity contribution in [2.45, 2.75) is 13.3 Å². The lowest BCUT2D eigenvalue weighted by Gasteiger charge is -2.05. The van der Waals surface area contributed by atoms with Crippen LogP contribution >= 0.6 is 11.6 Å². The first-order valence-corrected chi connectivity index (χ1v) is 5.70. The second-order valence-electron chi connectivity index (χ2n) is 3.41. The van der Waals surface area contributed by atoms with E-state index >= 15 is 0 Å². The van der Waals surface area contributed by atoms with E-state index in [4.69, 9.17) is 16.3 Å². The molecule has 0 radical (unpaired) electrons. The molecule has 1 rings (SSSR count). The van der Waals surface area contributed by atoms with Gasteiger partial charge in [-0.2, -0.15) is 0 Å². The average Bonchev–Trinajstić information content (AvgIpc) is 2.33. The van der Waals surface area contributed by atoms with Crippen LogP contribution in [0.4, 0.5) is 0 Å². The van der Waals surface area contributed by atoms with E-state index < -0.39 is 5.97 Å². The summed E-state index contributed by atoms with van der Waals surface area (Å²) in [5.41, 5.74) is 0.417. The van der Waals surface area contributed by atoms with Crippen LogP contribution in [0.3, 0.4) is 0 Å². The van der Waals surface area contributed by atoms with E-state index in [0.717, 1.165) is 6.42 Å². The van der Waals surface area contributed by atoms with Crippen molar-refractivity contribution in [3.8, 4) is 0 Å². The van der Waals surface area contributed by atoms with E-state index in [9.17, 15) is 9.59 Å². The Labute approximate surface area is 105 Å². The summed E-state index contributed by atoms with van der Waals surface area (Å²) in [5.74, 6) is -0.789. The molecule has 1 aromatic rings. The van der Waals surface area contributed by atoms with Gasteiger partial charge in [0.2, 0.25) is 0 Å². The van der Waals surface area contributed by atoms with Gasteiger partial charge in [0.15, 0.2) is 0 Å². The molecule has 0 aliphatic carbocycles. The second-order valence-corrected chi connectivity index (χ2v) is 3.85. The molecule has 0 spiro atoms. The van der Waals surface area contributed by atoms with Gasteiger partial charge in [-0.05, 0) is 24.6 Å². The summed E-state index contributed by atoms with van der Waals surface area (Å²) >= 11 is 5.75. The minimum Gasteiger partial charge on any atom is -0.464 e. The smallest absolute Gasteiger partial charge is 0.325 e. The fourth-order valence-electron chi connectivity index (χ4n) is 1.15. The zero-order valence-electron chi connectivity index (χ0n) is 9.53. The van der Waals surface area contributed by atoms with Crippen molar-refractivity contribution in [1.29, 1.82) is 0 Å². The largest absolute Gasteiger partial charge is 0.464 e. The Morgan fingerprint density at radius 1 is 1.41 bits per heavy atom. The molecule has 0 aliphatic rings. The topological polar surface area (TPSA) is 55.4 Å². The van der Waals surface area contributed by atoms with E-state index in [0.29, 0.717) is 17.2 Å². The van der Waals surface area contributed by atoms with Gasteiger partial charge in [-0.25, -0.2) is 0 Å². The zero-order valence-corrected chi connectivity index (χ0v) is 10.3. The van der Waals surface area contributed by atoms with Crippen molar-refractivity contribution < 1.29 is 14.3 Å². The summed E-state index contributed by atoms with van der Waals surface area (Å²) in [6.45, 7) is 2.13. The van der Waals surface area contributed by atoms with Crippen LogP contribution in [-0.4, -0.2) is 25.0 Å². The van der Waals surface area contributed by atoms with Gasteiger partial charge in [0, 0.05) is 10.6 Å². The summed E-state index contributed by atoms with van der Waals surface area (Å²) in [6, 6.07) is 6.51. The van der Waals surface area contributed by atoms with Crippen molar-refractivity contribution in [1.82, 2.24) is 5.32 Å². The number of hydrogen-bond donors (Lipinski definition) is 1. The van der Waals surface area contributed by atoms with Gasteiger partial charge in [0.1, 0.15) is 6.54 Å². The van der Waals surface area contributed by atoms with E-state index in [2.05, 4.69) is 5.32 Å². The lowest BCUT2D eigenvalue weighted by molar-refractivity contribution is -0.142. The molecule has 0 bridgehead atoms. The highest BCUT2D eigenvalue weighted by molar-refractivity contribution is 6.30. The van der Waals surface area contributed by atoms with Gasteiger partial charge >= 0.3 is 5.97 Å². The monoisotopic (exact) mass is 255 g/mol. The number of esters is 1. The third-order valence-electron chi connectivity index (χ3n) is 1.95. The Bertz CT molecular complexity index is 406. The van der Waals surface area contributed by atoms with Crippen LogP contribution < -0.4 is 5.32 Å². The number of benzene rings is 1. The molecule has 0 unspecified atom stereocenters. The van der Waals surface area contributed by atoms with Gasteiger partial charge in [-0.3, -0.25) is 9.59 Å². The zero-order chi connectivity index (χ0) is 12.7. The molecule has 1 N–H and O–H groups in total. The number of rotatable bonds is 5. The van der Waals surface area contributed by atoms with Gasteiger partial charge in [-0.1, -0.05) is 24.6 Å². The van der Waals surface area contributed by atoms with Gasteiger partial charge in [0.05, 0.1) is 6.61 Å². The first kappa shape index (κ1) is 13.5. The third kappa shape index (κ3) is 4.87. The maximum absolute atomic E-state index is 11.6. The summed E-state index contributed by atoms with van der Waals surface area (Å²) < 4.78 is 4.82. The molecule has 4 nitrogen and oxygen atoms in total. The van der Waals surface area contributed by atoms with Crippen LogP contribution in [0.5, 0.6) is 0 Å². The maximum Gasteiger partial charge on any atom is 0.325 e. The van der Waals surface area contributed by atoms with E-state index in [1.165, 1.54) is 6.07 Å². The summed E-state index contributed by atoms with van der Waals surface area (Å²) in [6.07, 6.45) is 0.758. The Hall–Kier alpha value is -1.55. The number of halogens is 1. The molecule has 92 valence electrons. The lowest BCUT2D eigenvalue weighted by atomic mass is 10.2. The fraction of sp³-hybridized carbons (Fsp3) is 0.333. The molecule has 5 heteroatoms. The molecule has 1 aromatic carbocycles. The van der Waals surface area contributed by atoms with Crippen LogP contribution in [0.15, 0.2) is 24.3 Å². The first-order valence-electron chi connectivity index (χ1n) is 5.33. The molecular formula is C12H14ClNO3. The normalized spacial score (nSPS) is 9.76. The highest BCUT2D eigenvalue weighted by Crippen LogP contribution is 2.10. The molecule has 0 heterocycles. The van der Waals surface area contributed by atoms with E-state index in [-0.39, 0.29) is 12.5 Å². The van der Waals surface area contributed by atoms with Crippen molar-refractivity contribution in [2.24, 2.45) is 0 Å². The molecule has 0 saturated heterocycles. The number of carbonyl (C=O) groups excluding carboxylic acids is 2. The van der Waals surface area contributed by atoms with E-state index in [1.54, 1.807) is 18.2 Å². The Morgan fingerprint density at radius 3 is 2.82 bits per heavy atom. The molecule has 0 aromatic heterocycles. The molecule has 0 saturated carbocycles. The summed E-state index contributed by atoms with van der Waals surface area (Å²) in [4.78, 5) is 22.7. The molecule has 0 fully saturated rings. The fourth-order valence-corrected chi connectivity index (χ4v) is 1.34. The van der Waals surface area contributed by atoms with Crippen molar-refractivity contribution >= 4 is 23.5 Å². The SMILES string of the molecule is CCCOC(=O)CNC(=O)c1cccc(Cl)c1. The molecule has 17 heavy (non-hydrogen) atoms. The number of ether oxygens (including phenoxy) is 1. The van der Waals surface area contributed by atoms with Crippen molar-refractivity contribution in [3.63, 3.8) is 0 Å². The van der Waals surface area contributed by atoms with Crippen molar-refractivity contribution in [2.75, 3.05) is 13.2 Å². The van der Waals surface area contributed by atoms with Crippen molar-refractivity contribution in [3.05, 3.63) is 34.9 Å². The number of hydrogen-bond acceptors (Lipinski definition) is 3. The molecular weight excluding hydrogens is 242 g/mol. The number of amides is 1. The number of carbonyl (C=O) groups is 2. The first-order chi connectivity index (χ1) is 8.13. The molecule has 0 aliphatic heterocycles. The minimum atomic E-state index is -0.442. The average molecular weight is 256 g/mol.